The SMILES string of the molecule is COCCN(CCO)C(=O)c1cccc(OC)c1O. The second-order valence-corrected chi connectivity index (χ2v) is 3.87. The number of nitrogens with zero attached hydrogens (tertiary/aromatic N) is 1. The molecule has 19 heavy (non-hydrogen) atoms. The van der Waals surface area contributed by atoms with E-state index in [1.54, 1.807) is 12.1 Å². The zero-order valence-corrected chi connectivity index (χ0v) is 11.1. The second kappa shape index (κ2) is 7.60. The summed E-state index contributed by atoms with van der Waals surface area (Å²) in [5.41, 5.74) is 0.143. The van der Waals surface area contributed by atoms with Crippen LogP contribution in [0.1, 0.15) is 10.4 Å². The van der Waals surface area contributed by atoms with Gasteiger partial charge in [-0.2, -0.15) is 0 Å². The van der Waals surface area contributed by atoms with Crippen molar-refractivity contribution < 1.29 is 24.5 Å². The van der Waals surface area contributed by atoms with Crippen LogP contribution in [0, 0.1) is 0 Å². The number of phenols is 1. The number of phenolic OH excluding ortho intramolecular Hbond substituents is 1. The lowest BCUT2D eigenvalue weighted by molar-refractivity contribution is 0.0653. The van der Waals surface area contributed by atoms with Crippen LogP contribution in [-0.2, 0) is 4.74 Å². The number of hydrogen-bond donors (Lipinski definition) is 2. The lowest BCUT2D eigenvalue weighted by atomic mass is 10.1. The van der Waals surface area contributed by atoms with E-state index in [0.29, 0.717) is 13.2 Å². The largest absolute Gasteiger partial charge is 0.504 e. The van der Waals surface area contributed by atoms with E-state index in [1.807, 2.05) is 0 Å². The maximum atomic E-state index is 12.3. The van der Waals surface area contributed by atoms with E-state index in [4.69, 9.17) is 14.6 Å². The minimum atomic E-state index is -0.373. The van der Waals surface area contributed by atoms with Crippen LogP contribution in [0.3, 0.4) is 0 Å². The summed E-state index contributed by atoms with van der Waals surface area (Å²) in [4.78, 5) is 13.7. The fourth-order valence-corrected chi connectivity index (χ4v) is 1.67. The molecule has 106 valence electrons. The Labute approximate surface area is 112 Å². The third kappa shape index (κ3) is 3.84. The van der Waals surface area contributed by atoms with Crippen molar-refractivity contribution in [3.63, 3.8) is 0 Å². The van der Waals surface area contributed by atoms with Gasteiger partial charge in [0.2, 0.25) is 0 Å². The molecule has 0 fully saturated rings. The van der Waals surface area contributed by atoms with Crippen LogP contribution in [0.25, 0.3) is 0 Å². The standard InChI is InChI=1S/C13H19NO5/c1-18-9-7-14(6-8-15)13(17)10-4-3-5-11(19-2)12(10)16/h3-5,15-16H,6-9H2,1-2H3. The number of para-hydroxylation sites is 1. The number of ether oxygens (including phenoxy) is 2. The Morgan fingerprint density at radius 2 is 2.05 bits per heavy atom. The molecule has 1 rings (SSSR count). The predicted octanol–water partition coefficient (Wildman–Crippen LogP) is 0.482. The smallest absolute Gasteiger partial charge is 0.257 e. The summed E-state index contributed by atoms with van der Waals surface area (Å²) < 4.78 is 9.88. The molecule has 0 atom stereocenters. The molecule has 0 aromatic heterocycles. The van der Waals surface area contributed by atoms with Crippen LogP contribution in [0.4, 0.5) is 0 Å². The van der Waals surface area contributed by atoms with Crippen molar-refractivity contribution in [1.29, 1.82) is 0 Å². The first-order valence-electron chi connectivity index (χ1n) is 5.90. The van der Waals surface area contributed by atoms with Crippen molar-refractivity contribution in [1.82, 2.24) is 4.90 Å². The van der Waals surface area contributed by atoms with E-state index in [2.05, 4.69) is 0 Å². The Morgan fingerprint density at radius 3 is 2.63 bits per heavy atom. The topological polar surface area (TPSA) is 79.2 Å². The third-order valence-electron chi connectivity index (χ3n) is 2.67. The van der Waals surface area contributed by atoms with Gasteiger partial charge in [-0.25, -0.2) is 0 Å². The number of carbonyl (C=O) groups excluding carboxylic acids is 1. The molecule has 0 aliphatic carbocycles. The van der Waals surface area contributed by atoms with Crippen LogP contribution in [0.2, 0.25) is 0 Å². The molecule has 0 unspecified atom stereocenters. The fraction of sp³-hybridized carbons (Fsp3) is 0.462. The van der Waals surface area contributed by atoms with Gasteiger partial charge >= 0.3 is 0 Å². The Bertz CT molecular complexity index is 421. The molecule has 0 heterocycles. The maximum Gasteiger partial charge on any atom is 0.257 e. The summed E-state index contributed by atoms with van der Waals surface area (Å²) >= 11 is 0. The first-order chi connectivity index (χ1) is 9.15. The van der Waals surface area contributed by atoms with Crippen molar-refractivity contribution in [2.75, 3.05) is 40.5 Å². The highest BCUT2D eigenvalue weighted by Gasteiger charge is 2.20. The average Bonchev–Trinajstić information content (AvgIpc) is 2.43. The number of rotatable bonds is 7. The Balaban J connectivity index is 2.95. The van der Waals surface area contributed by atoms with Crippen LogP contribution in [-0.4, -0.2) is 61.5 Å². The zero-order chi connectivity index (χ0) is 14.3. The monoisotopic (exact) mass is 269 g/mol. The molecule has 0 radical (unpaired) electrons. The summed E-state index contributed by atoms with van der Waals surface area (Å²) in [6.45, 7) is 0.724. The number of aromatic hydroxyl groups is 1. The molecular formula is C13H19NO5. The zero-order valence-electron chi connectivity index (χ0n) is 11.1. The van der Waals surface area contributed by atoms with Gasteiger partial charge in [-0.05, 0) is 12.1 Å². The minimum Gasteiger partial charge on any atom is -0.504 e. The summed E-state index contributed by atoms with van der Waals surface area (Å²) in [7, 11) is 2.95. The Hall–Kier alpha value is -1.79. The number of aliphatic hydroxyl groups is 1. The first-order valence-corrected chi connectivity index (χ1v) is 5.90. The van der Waals surface area contributed by atoms with Crippen molar-refractivity contribution in [2.45, 2.75) is 0 Å². The van der Waals surface area contributed by atoms with E-state index in [1.165, 1.54) is 25.2 Å². The maximum absolute atomic E-state index is 12.3. The average molecular weight is 269 g/mol. The molecular weight excluding hydrogens is 250 g/mol. The number of amides is 1. The predicted molar refractivity (Wildman–Crippen MR) is 69.5 cm³/mol. The summed E-state index contributed by atoms with van der Waals surface area (Å²) in [5, 5.41) is 18.9. The van der Waals surface area contributed by atoms with E-state index in [-0.39, 0.29) is 36.1 Å². The summed E-state index contributed by atoms with van der Waals surface area (Å²) in [6.07, 6.45) is 0. The molecule has 1 aromatic rings. The Kier molecular flexibility index (Phi) is 6.11. The molecule has 1 aromatic carbocycles. The van der Waals surface area contributed by atoms with Gasteiger partial charge in [0.05, 0.1) is 25.9 Å². The van der Waals surface area contributed by atoms with E-state index < -0.39 is 0 Å². The Morgan fingerprint density at radius 1 is 1.32 bits per heavy atom. The lowest BCUT2D eigenvalue weighted by Crippen LogP contribution is -2.36. The van der Waals surface area contributed by atoms with Crippen LogP contribution in [0.5, 0.6) is 11.5 Å². The highest BCUT2D eigenvalue weighted by molar-refractivity contribution is 5.97. The van der Waals surface area contributed by atoms with Crippen LogP contribution >= 0.6 is 0 Å². The number of aliphatic hydroxyl groups excluding tert-OH is 1. The minimum absolute atomic E-state index is 0.143. The fourth-order valence-electron chi connectivity index (χ4n) is 1.67. The third-order valence-corrected chi connectivity index (χ3v) is 2.67. The van der Waals surface area contributed by atoms with Crippen molar-refractivity contribution >= 4 is 5.91 Å². The van der Waals surface area contributed by atoms with Crippen molar-refractivity contribution in [3.05, 3.63) is 23.8 Å². The highest BCUT2D eigenvalue weighted by atomic mass is 16.5. The summed E-state index contributed by atoms with van der Waals surface area (Å²) in [5.74, 6) is -0.334. The first kappa shape index (κ1) is 15.3. The highest BCUT2D eigenvalue weighted by Crippen LogP contribution is 2.30. The molecule has 0 aliphatic heterocycles. The molecule has 2 N–H and O–H groups in total. The van der Waals surface area contributed by atoms with Gasteiger partial charge in [0.25, 0.3) is 5.91 Å². The number of carbonyl (C=O) groups is 1. The van der Waals surface area contributed by atoms with Gasteiger partial charge in [-0.15, -0.1) is 0 Å². The van der Waals surface area contributed by atoms with E-state index in [0.717, 1.165) is 0 Å². The molecule has 0 saturated carbocycles. The number of benzene rings is 1. The normalized spacial score (nSPS) is 10.3. The van der Waals surface area contributed by atoms with Crippen molar-refractivity contribution in [2.24, 2.45) is 0 Å². The molecule has 0 saturated heterocycles. The van der Waals surface area contributed by atoms with E-state index >= 15 is 0 Å². The van der Waals surface area contributed by atoms with Gasteiger partial charge in [0.1, 0.15) is 0 Å². The van der Waals surface area contributed by atoms with Gasteiger partial charge in [-0.1, -0.05) is 6.07 Å². The van der Waals surface area contributed by atoms with Gasteiger partial charge in [0, 0.05) is 20.2 Å². The van der Waals surface area contributed by atoms with Crippen molar-refractivity contribution in [3.8, 4) is 11.5 Å². The second-order valence-electron chi connectivity index (χ2n) is 3.87. The van der Waals surface area contributed by atoms with E-state index in [9.17, 15) is 9.90 Å². The quantitative estimate of drug-likeness (QED) is 0.752. The summed E-state index contributed by atoms with van der Waals surface area (Å²) in [6, 6.07) is 4.70. The molecule has 0 aliphatic rings. The van der Waals surface area contributed by atoms with Gasteiger partial charge < -0.3 is 24.6 Å². The number of hydrogen-bond acceptors (Lipinski definition) is 5. The van der Waals surface area contributed by atoms with Gasteiger partial charge in [-0.3, -0.25) is 4.79 Å². The lowest BCUT2D eigenvalue weighted by Gasteiger charge is -2.22. The van der Waals surface area contributed by atoms with Gasteiger partial charge in [0.15, 0.2) is 11.5 Å². The van der Waals surface area contributed by atoms with Crippen LogP contribution < -0.4 is 4.74 Å². The molecule has 6 heteroatoms. The molecule has 6 nitrogen and oxygen atoms in total. The number of methoxy groups -OCH3 is 2. The molecule has 0 bridgehead atoms. The van der Waals surface area contributed by atoms with Crippen LogP contribution in [0.15, 0.2) is 18.2 Å². The molecule has 1 amide bonds. The molecule has 0 spiro atoms.